The lowest BCUT2D eigenvalue weighted by Gasteiger charge is -2.16. The van der Waals surface area contributed by atoms with E-state index in [0.29, 0.717) is 3.57 Å². The maximum atomic E-state index is 13.4. The molecule has 1 heterocycles. The van der Waals surface area contributed by atoms with Crippen LogP contribution in [0.25, 0.3) is 0 Å². The van der Waals surface area contributed by atoms with E-state index in [-0.39, 0.29) is 12.2 Å². The third-order valence-corrected chi connectivity index (χ3v) is 4.69. The van der Waals surface area contributed by atoms with Gasteiger partial charge in [-0.25, -0.2) is 4.39 Å². The largest absolute Gasteiger partial charge is 0.311 e. The van der Waals surface area contributed by atoms with Crippen molar-refractivity contribution in [2.45, 2.75) is 11.7 Å². The molecule has 1 unspecified atom stereocenters. The molecule has 0 aliphatic carbocycles. The average Bonchev–Trinajstić information content (AvgIpc) is 2.64. The molecule has 18 heavy (non-hydrogen) atoms. The highest BCUT2D eigenvalue weighted by atomic mass is 127. The maximum Gasteiger partial charge on any atom is 0.307 e. The van der Waals surface area contributed by atoms with Crippen LogP contribution in [0.15, 0.2) is 18.2 Å². The molecular formula is C10H8F2INO3S. The Labute approximate surface area is 116 Å². The van der Waals surface area contributed by atoms with E-state index in [1.165, 1.54) is 12.1 Å². The molecule has 0 bridgehead atoms. The fourth-order valence-corrected chi connectivity index (χ4v) is 2.77. The zero-order valence-corrected chi connectivity index (χ0v) is 11.9. The van der Waals surface area contributed by atoms with E-state index >= 15 is 0 Å². The number of carbonyl (C=O) groups is 1. The van der Waals surface area contributed by atoms with E-state index in [1.807, 2.05) is 0 Å². The first-order valence-electron chi connectivity index (χ1n) is 4.98. The third-order valence-electron chi connectivity index (χ3n) is 2.70. The van der Waals surface area contributed by atoms with Gasteiger partial charge in [-0.2, -0.15) is 8.42 Å². The molecule has 1 amide bonds. The van der Waals surface area contributed by atoms with Gasteiger partial charge in [0.05, 0.1) is 0 Å². The number of rotatable bonds is 2. The van der Waals surface area contributed by atoms with Crippen LogP contribution in [0.5, 0.6) is 0 Å². The monoisotopic (exact) mass is 387 g/mol. The molecule has 4 nitrogen and oxygen atoms in total. The van der Waals surface area contributed by atoms with Crippen molar-refractivity contribution in [2.24, 2.45) is 0 Å². The van der Waals surface area contributed by atoms with E-state index in [9.17, 15) is 21.5 Å². The van der Waals surface area contributed by atoms with E-state index in [4.69, 9.17) is 0 Å². The standard InChI is InChI=1S/C10H8F2INO3S/c11-8-3-6(1-2-9(8)13)14-5-7(4-10(14)15)18(12,16)17/h1-3,7H,4-5H2. The smallest absolute Gasteiger partial charge is 0.307 e. The van der Waals surface area contributed by atoms with Gasteiger partial charge in [-0.15, -0.1) is 3.89 Å². The lowest BCUT2D eigenvalue weighted by Crippen LogP contribution is -2.27. The van der Waals surface area contributed by atoms with Crippen LogP contribution in [-0.2, 0) is 15.0 Å². The molecule has 8 heteroatoms. The summed E-state index contributed by atoms with van der Waals surface area (Å²) in [6.45, 7) is -0.280. The van der Waals surface area contributed by atoms with Crippen LogP contribution in [0.3, 0.4) is 0 Å². The molecule has 2 rings (SSSR count). The zero-order valence-electron chi connectivity index (χ0n) is 8.94. The van der Waals surface area contributed by atoms with E-state index in [0.717, 1.165) is 11.0 Å². The molecule has 1 atom stereocenters. The number of hydrogen-bond donors (Lipinski definition) is 0. The van der Waals surface area contributed by atoms with Crippen LogP contribution in [0.1, 0.15) is 6.42 Å². The summed E-state index contributed by atoms with van der Waals surface area (Å²) in [7, 11) is -4.75. The number of nitrogens with zero attached hydrogens (tertiary/aromatic N) is 1. The highest BCUT2D eigenvalue weighted by Gasteiger charge is 2.39. The van der Waals surface area contributed by atoms with Gasteiger partial charge < -0.3 is 4.90 Å². The van der Waals surface area contributed by atoms with E-state index < -0.39 is 33.6 Å². The first-order valence-corrected chi connectivity index (χ1v) is 7.50. The van der Waals surface area contributed by atoms with Crippen LogP contribution in [0.2, 0.25) is 0 Å². The second kappa shape index (κ2) is 4.72. The fraction of sp³-hybridized carbons (Fsp3) is 0.300. The third kappa shape index (κ3) is 2.63. The molecular weight excluding hydrogens is 379 g/mol. The van der Waals surface area contributed by atoms with Crippen molar-refractivity contribution >= 4 is 44.4 Å². The first kappa shape index (κ1) is 13.7. The molecule has 1 aromatic carbocycles. The van der Waals surface area contributed by atoms with Gasteiger partial charge in [0, 0.05) is 22.2 Å². The SMILES string of the molecule is O=C1CC(S(=O)(=O)F)CN1c1ccc(I)c(F)c1. The fourth-order valence-electron chi connectivity index (χ4n) is 1.77. The minimum Gasteiger partial charge on any atom is -0.311 e. The molecule has 1 aromatic rings. The van der Waals surface area contributed by atoms with Gasteiger partial charge in [-0.1, -0.05) is 0 Å². The Morgan fingerprint density at radius 3 is 2.56 bits per heavy atom. The molecule has 1 aliphatic heterocycles. The Bertz CT molecular complexity index is 605. The summed E-state index contributed by atoms with van der Waals surface area (Å²) >= 11 is 1.79. The lowest BCUT2D eigenvalue weighted by atomic mass is 10.3. The predicted molar refractivity (Wildman–Crippen MR) is 69.9 cm³/mol. The number of halogens is 3. The molecule has 0 radical (unpaired) electrons. The summed E-state index contributed by atoms with van der Waals surface area (Å²) in [4.78, 5) is 12.7. The van der Waals surface area contributed by atoms with Gasteiger partial charge in [0.1, 0.15) is 11.1 Å². The minimum absolute atomic E-state index is 0.240. The molecule has 0 saturated carbocycles. The Morgan fingerprint density at radius 1 is 1.39 bits per heavy atom. The molecule has 1 saturated heterocycles. The zero-order chi connectivity index (χ0) is 13.5. The van der Waals surface area contributed by atoms with Crippen molar-refractivity contribution < 1.29 is 21.5 Å². The Hall–Kier alpha value is -0.770. The Morgan fingerprint density at radius 2 is 2.06 bits per heavy atom. The van der Waals surface area contributed by atoms with Crippen LogP contribution in [0, 0.1) is 9.39 Å². The van der Waals surface area contributed by atoms with Gasteiger partial charge in [0.25, 0.3) is 0 Å². The summed E-state index contributed by atoms with van der Waals surface area (Å²) in [5, 5.41) is -1.37. The van der Waals surface area contributed by atoms with Gasteiger partial charge >= 0.3 is 10.2 Å². The molecule has 0 aromatic heterocycles. The van der Waals surface area contributed by atoms with Crippen LogP contribution in [0.4, 0.5) is 14.0 Å². The first-order chi connectivity index (χ1) is 8.29. The van der Waals surface area contributed by atoms with E-state index in [1.54, 1.807) is 22.6 Å². The molecule has 98 valence electrons. The van der Waals surface area contributed by atoms with Crippen molar-refractivity contribution in [2.75, 3.05) is 11.4 Å². The second-order valence-corrected chi connectivity index (χ2v) is 6.68. The Balaban J connectivity index is 2.30. The minimum atomic E-state index is -4.75. The number of amides is 1. The molecule has 1 aliphatic rings. The van der Waals surface area contributed by atoms with Gasteiger partial charge in [-0.3, -0.25) is 4.79 Å². The highest BCUT2D eigenvalue weighted by Crippen LogP contribution is 2.27. The number of benzene rings is 1. The number of anilines is 1. The van der Waals surface area contributed by atoms with Gasteiger partial charge in [0.2, 0.25) is 5.91 Å². The van der Waals surface area contributed by atoms with Crippen molar-refractivity contribution in [1.82, 2.24) is 0 Å². The maximum absolute atomic E-state index is 13.4. The predicted octanol–water partition coefficient (Wildman–Crippen LogP) is 1.83. The van der Waals surface area contributed by atoms with Gasteiger partial charge in [0.15, 0.2) is 0 Å². The van der Waals surface area contributed by atoms with Crippen molar-refractivity contribution in [1.29, 1.82) is 0 Å². The molecule has 1 fully saturated rings. The van der Waals surface area contributed by atoms with E-state index in [2.05, 4.69) is 0 Å². The van der Waals surface area contributed by atoms with Crippen LogP contribution in [-0.4, -0.2) is 26.1 Å². The second-order valence-electron chi connectivity index (χ2n) is 3.90. The summed E-state index contributed by atoms with van der Waals surface area (Å²) in [6, 6.07) is 4.10. The Kier molecular flexibility index (Phi) is 3.58. The summed E-state index contributed by atoms with van der Waals surface area (Å²) in [5.74, 6) is -1.03. The molecule has 0 N–H and O–H groups in total. The summed E-state index contributed by atoms with van der Waals surface area (Å²) < 4.78 is 48.1. The lowest BCUT2D eigenvalue weighted by molar-refractivity contribution is -0.117. The highest BCUT2D eigenvalue weighted by molar-refractivity contribution is 14.1. The van der Waals surface area contributed by atoms with Crippen LogP contribution >= 0.6 is 22.6 Å². The van der Waals surface area contributed by atoms with Crippen molar-refractivity contribution in [3.8, 4) is 0 Å². The average molecular weight is 387 g/mol. The number of hydrogen-bond acceptors (Lipinski definition) is 3. The summed E-state index contributed by atoms with van der Waals surface area (Å²) in [6.07, 6.45) is -0.410. The number of carbonyl (C=O) groups excluding carboxylic acids is 1. The van der Waals surface area contributed by atoms with Crippen molar-refractivity contribution in [3.05, 3.63) is 27.6 Å². The van der Waals surface area contributed by atoms with Gasteiger partial charge in [-0.05, 0) is 40.8 Å². The summed E-state index contributed by atoms with van der Waals surface area (Å²) in [5.41, 5.74) is 0.240. The van der Waals surface area contributed by atoms with Crippen LogP contribution < -0.4 is 4.90 Å². The molecule has 0 spiro atoms. The normalized spacial score (nSPS) is 20.5. The van der Waals surface area contributed by atoms with Crippen molar-refractivity contribution in [3.63, 3.8) is 0 Å². The quantitative estimate of drug-likeness (QED) is 0.575. The topological polar surface area (TPSA) is 54.5 Å².